The van der Waals surface area contributed by atoms with E-state index in [4.69, 9.17) is 0 Å². The van der Waals surface area contributed by atoms with Crippen LogP contribution in [0.1, 0.15) is 54.1 Å². The zero-order chi connectivity index (χ0) is 22.9. The molecule has 0 spiro atoms. The second kappa shape index (κ2) is 9.06. The Bertz CT molecular complexity index is 1220. The van der Waals surface area contributed by atoms with Gasteiger partial charge in [0.05, 0.1) is 23.3 Å². The Morgan fingerprint density at radius 3 is 2.58 bits per heavy atom. The van der Waals surface area contributed by atoms with Gasteiger partial charge in [-0.25, -0.2) is 0 Å². The van der Waals surface area contributed by atoms with Gasteiger partial charge in [0.15, 0.2) is 5.78 Å². The molecule has 1 aromatic heterocycles. The average molecular weight is 441 g/mol. The highest BCUT2D eigenvalue weighted by Gasteiger charge is 2.24. The minimum atomic E-state index is 0.0485. The Balaban J connectivity index is 1.48. The van der Waals surface area contributed by atoms with Gasteiger partial charge in [-0.2, -0.15) is 0 Å². The molecule has 1 saturated carbocycles. The maximum absolute atomic E-state index is 12.5. The summed E-state index contributed by atoms with van der Waals surface area (Å²) < 4.78 is 0. The number of rotatable bonds is 6. The quantitative estimate of drug-likeness (QED) is 0.509. The van der Waals surface area contributed by atoms with Crippen molar-refractivity contribution in [3.63, 3.8) is 0 Å². The number of anilines is 1. The van der Waals surface area contributed by atoms with Crippen molar-refractivity contribution in [1.82, 2.24) is 9.88 Å². The predicted molar refractivity (Wildman–Crippen MR) is 136 cm³/mol. The number of hydrogen-bond donors (Lipinski definition) is 1. The number of hydrogen-bond acceptors (Lipinski definition) is 5. The molecule has 0 unspecified atom stereocenters. The van der Waals surface area contributed by atoms with Crippen LogP contribution in [-0.2, 0) is 6.54 Å². The number of Topliss-reactive ketones (excluding diaryl/α,β-unsaturated/α-hetero) is 1. The van der Waals surface area contributed by atoms with Gasteiger partial charge in [-0.15, -0.1) is 0 Å². The highest BCUT2D eigenvalue weighted by molar-refractivity contribution is 6.08. The maximum atomic E-state index is 12.5. The Kier molecular flexibility index (Phi) is 5.98. The van der Waals surface area contributed by atoms with Crippen LogP contribution in [0.3, 0.4) is 0 Å². The molecule has 0 amide bonds. The van der Waals surface area contributed by atoms with Crippen LogP contribution in [0, 0.1) is 5.92 Å². The van der Waals surface area contributed by atoms with Crippen LogP contribution in [-0.4, -0.2) is 48.6 Å². The van der Waals surface area contributed by atoms with Gasteiger partial charge in [-0.05, 0) is 93.1 Å². The van der Waals surface area contributed by atoms with Gasteiger partial charge < -0.3 is 10.2 Å². The van der Waals surface area contributed by atoms with Crippen molar-refractivity contribution in [2.24, 2.45) is 10.9 Å². The number of benzene rings is 2. The number of pyridine rings is 1. The lowest BCUT2D eigenvalue weighted by molar-refractivity contribution is 0.101. The fraction of sp³-hybridized carbons (Fsp3) is 0.393. The highest BCUT2D eigenvalue weighted by atomic mass is 16.1. The van der Waals surface area contributed by atoms with Crippen molar-refractivity contribution >= 4 is 28.6 Å². The van der Waals surface area contributed by atoms with Gasteiger partial charge in [0, 0.05) is 30.4 Å². The maximum Gasteiger partial charge on any atom is 0.163 e. The molecule has 2 heterocycles. The Hall–Kier alpha value is -3.05. The Morgan fingerprint density at radius 1 is 1.06 bits per heavy atom. The van der Waals surface area contributed by atoms with E-state index >= 15 is 0 Å². The topological polar surface area (TPSA) is 57.6 Å². The number of fused-ring (bicyclic) bond motifs is 2. The highest BCUT2D eigenvalue weighted by Crippen LogP contribution is 2.34. The number of ketones is 1. The molecule has 0 radical (unpaired) electrons. The molecule has 2 aromatic carbocycles. The summed E-state index contributed by atoms with van der Waals surface area (Å²) in [6.07, 6.45) is 8.38. The summed E-state index contributed by atoms with van der Waals surface area (Å²) in [5, 5.41) is 4.79. The van der Waals surface area contributed by atoms with Crippen LogP contribution < -0.4 is 5.32 Å². The molecule has 0 bridgehead atoms. The molecule has 0 atom stereocenters. The van der Waals surface area contributed by atoms with Gasteiger partial charge in [-0.1, -0.05) is 18.2 Å². The first-order chi connectivity index (χ1) is 16.0. The third kappa shape index (κ3) is 4.55. The van der Waals surface area contributed by atoms with Crippen molar-refractivity contribution in [2.45, 2.75) is 45.2 Å². The first kappa shape index (κ1) is 21.8. The second-order valence-electron chi connectivity index (χ2n) is 9.84. The molecule has 3 aromatic rings. The first-order valence-electron chi connectivity index (χ1n) is 12.0. The summed E-state index contributed by atoms with van der Waals surface area (Å²) in [4.78, 5) is 23.8. The van der Waals surface area contributed by atoms with Crippen LogP contribution >= 0.6 is 0 Å². The van der Waals surface area contributed by atoms with E-state index in [9.17, 15) is 4.79 Å². The zero-order valence-corrected chi connectivity index (χ0v) is 19.8. The lowest BCUT2D eigenvalue weighted by Crippen LogP contribution is -2.31. The minimum Gasteiger partial charge on any atom is -0.381 e. The second-order valence-corrected chi connectivity index (χ2v) is 9.84. The normalized spacial score (nSPS) is 19.8. The van der Waals surface area contributed by atoms with E-state index in [0.717, 1.165) is 59.6 Å². The number of aromatic nitrogens is 1. The summed E-state index contributed by atoms with van der Waals surface area (Å²) in [5.74, 6) is 0.807. The molecule has 5 heteroatoms. The SMILES string of the molecule is CC(=O)c1cnc2ccc(-c3ccc4c(c3)C=NC4)cc2c1NC1CCC(CN(C)C)CC1. The largest absolute Gasteiger partial charge is 0.381 e. The van der Waals surface area contributed by atoms with Gasteiger partial charge >= 0.3 is 0 Å². The number of nitrogens with one attached hydrogen (secondary N) is 1. The lowest BCUT2D eigenvalue weighted by Gasteiger charge is -2.32. The van der Waals surface area contributed by atoms with E-state index < -0.39 is 0 Å². The fourth-order valence-electron chi connectivity index (χ4n) is 5.29. The van der Waals surface area contributed by atoms with Crippen LogP contribution in [0.2, 0.25) is 0 Å². The molecular formula is C28H32N4O. The molecule has 2 aliphatic rings. The third-order valence-electron chi connectivity index (χ3n) is 7.04. The van der Waals surface area contributed by atoms with E-state index in [1.165, 1.54) is 24.0 Å². The summed E-state index contributed by atoms with van der Waals surface area (Å²) >= 11 is 0. The van der Waals surface area contributed by atoms with Gasteiger partial charge in [0.1, 0.15) is 0 Å². The molecule has 170 valence electrons. The standard InChI is InChI=1S/C28H32N4O/c1-18(33)26-16-30-27-11-8-21(20-6-7-22-14-29-15-23(22)12-20)13-25(27)28(26)31-24-9-4-19(5-10-24)17-32(2)3/h6-8,11-13,15-16,19,24H,4-5,9-10,14,17H2,1-3H3,(H,30,31). The molecular weight excluding hydrogens is 408 g/mol. The lowest BCUT2D eigenvalue weighted by atomic mass is 9.85. The molecule has 1 N–H and O–H groups in total. The predicted octanol–water partition coefficient (Wildman–Crippen LogP) is 5.57. The van der Waals surface area contributed by atoms with Gasteiger partial charge in [0.25, 0.3) is 0 Å². The number of carbonyl (C=O) groups is 1. The third-order valence-corrected chi connectivity index (χ3v) is 7.04. The number of carbonyl (C=O) groups excluding carboxylic acids is 1. The fourth-order valence-corrected chi connectivity index (χ4v) is 5.29. The number of aliphatic imine (C=N–C) groups is 1. The monoisotopic (exact) mass is 440 g/mol. The van der Waals surface area contributed by atoms with E-state index in [-0.39, 0.29) is 5.78 Å². The average Bonchev–Trinajstić information content (AvgIpc) is 3.27. The van der Waals surface area contributed by atoms with Crippen molar-refractivity contribution < 1.29 is 4.79 Å². The molecule has 0 saturated heterocycles. The molecule has 5 nitrogen and oxygen atoms in total. The van der Waals surface area contributed by atoms with Gasteiger partial charge in [-0.3, -0.25) is 14.8 Å². The van der Waals surface area contributed by atoms with E-state index in [1.54, 1.807) is 13.1 Å². The van der Waals surface area contributed by atoms with Crippen LogP contribution in [0.5, 0.6) is 0 Å². The zero-order valence-electron chi connectivity index (χ0n) is 19.8. The van der Waals surface area contributed by atoms with Crippen molar-refractivity contribution in [1.29, 1.82) is 0 Å². The van der Waals surface area contributed by atoms with Gasteiger partial charge in [0.2, 0.25) is 0 Å². The van der Waals surface area contributed by atoms with E-state index in [2.05, 4.69) is 70.7 Å². The molecule has 1 fully saturated rings. The molecule has 1 aliphatic heterocycles. The molecule has 1 aliphatic carbocycles. The first-order valence-corrected chi connectivity index (χ1v) is 12.0. The van der Waals surface area contributed by atoms with Crippen LogP contribution in [0.15, 0.2) is 47.6 Å². The van der Waals surface area contributed by atoms with Crippen LogP contribution in [0.25, 0.3) is 22.0 Å². The summed E-state index contributed by atoms with van der Waals surface area (Å²) in [6.45, 7) is 3.55. The van der Waals surface area contributed by atoms with E-state index in [0.29, 0.717) is 11.6 Å². The minimum absolute atomic E-state index is 0.0485. The Labute approximate surface area is 195 Å². The summed E-state index contributed by atoms with van der Waals surface area (Å²) in [7, 11) is 4.30. The van der Waals surface area contributed by atoms with E-state index in [1.807, 2.05) is 6.21 Å². The van der Waals surface area contributed by atoms with Crippen molar-refractivity contribution in [2.75, 3.05) is 26.0 Å². The van der Waals surface area contributed by atoms with Crippen molar-refractivity contribution in [3.05, 3.63) is 59.3 Å². The molecule has 5 rings (SSSR count). The molecule has 33 heavy (non-hydrogen) atoms. The van der Waals surface area contributed by atoms with Crippen LogP contribution in [0.4, 0.5) is 5.69 Å². The number of nitrogens with zero attached hydrogens (tertiary/aromatic N) is 3. The van der Waals surface area contributed by atoms with Crippen molar-refractivity contribution in [3.8, 4) is 11.1 Å². The summed E-state index contributed by atoms with van der Waals surface area (Å²) in [5.41, 5.74) is 7.28. The smallest absolute Gasteiger partial charge is 0.163 e. The summed E-state index contributed by atoms with van der Waals surface area (Å²) in [6, 6.07) is 13.3. The Morgan fingerprint density at radius 2 is 1.82 bits per heavy atom.